The van der Waals surface area contributed by atoms with Crippen molar-refractivity contribution in [3.05, 3.63) is 48.1 Å². The van der Waals surface area contributed by atoms with Crippen LogP contribution in [0.15, 0.2) is 42.0 Å². The predicted molar refractivity (Wildman–Crippen MR) is 119 cm³/mol. The number of carbonyl (C=O) groups excluding carboxylic acids is 2. The molecule has 3 aliphatic rings. The summed E-state index contributed by atoms with van der Waals surface area (Å²) in [5.41, 5.74) is 1.26. The maximum absolute atomic E-state index is 12.9. The molecule has 0 spiro atoms. The van der Waals surface area contributed by atoms with Gasteiger partial charge in [0.05, 0.1) is 24.7 Å². The van der Waals surface area contributed by atoms with Gasteiger partial charge in [-0.3, -0.25) is 9.59 Å². The van der Waals surface area contributed by atoms with Crippen molar-refractivity contribution in [2.24, 2.45) is 28.8 Å². The molecule has 1 saturated carbocycles. The summed E-state index contributed by atoms with van der Waals surface area (Å²) < 4.78 is 12.0. The van der Waals surface area contributed by atoms with Gasteiger partial charge >= 0.3 is 0 Å². The zero-order valence-corrected chi connectivity index (χ0v) is 18.6. The number of amides is 2. The van der Waals surface area contributed by atoms with E-state index < -0.39 is 5.60 Å². The molecule has 1 heterocycles. The van der Waals surface area contributed by atoms with Crippen LogP contribution in [0.2, 0.25) is 0 Å². The number of allylic oxidation sites excluding steroid dienone is 3. The first kappa shape index (κ1) is 21.3. The molecule has 1 aliphatic heterocycles. The fraction of sp³-hybridized carbons (Fsp3) is 0.480. The monoisotopic (exact) mass is 422 g/mol. The Morgan fingerprint density at radius 3 is 2.35 bits per heavy atom. The molecule has 6 heteroatoms. The summed E-state index contributed by atoms with van der Waals surface area (Å²) in [5.74, 6) is 0.746. The van der Waals surface area contributed by atoms with Gasteiger partial charge in [-0.2, -0.15) is 10.1 Å². The minimum absolute atomic E-state index is 0.171. The van der Waals surface area contributed by atoms with Crippen LogP contribution in [0.1, 0.15) is 45.2 Å². The van der Waals surface area contributed by atoms with Gasteiger partial charge in [-0.15, -0.1) is 6.58 Å². The highest BCUT2D eigenvalue weighted by atomic mass is 16.5. The Bertz CT molecular complexity index is 942. The third kappa shape index (κ3) is 3.91. The zero-order chi connectivity index (χ0) is 22.3. The van der Waals surface area contributed by atoms with Gasteiger partial charge in [0, 0.05) is 5.56 Å². The van der Waals surface area contributed by atoms with E-state index >= 15 is 0 Å². The first-order chi connectivity index (χ1) is 14.7. The van der Waals surface area contributed by atoms with Crippen molar-refractivity contribution in [2.75, 3.05) is 6.61 Å². The van der Waals surface area contributed by atoms with Crippen molar-refractivity contribution in [1.29, 1.82) is 0 Å². The predicted octanol–water partition coefficient (Wildman–Crippen LogP) is 4.13. The van der Waals surface area contributed by atoms with E-state index in [0.717, 1.165) is 22.6 Å². The number of carbonyl (C=O) groups is 2. The molecular weight excluding hydrogens is 392 g/mol. The highest BCUT2D eigenvalue weighted by Gasteiger charge is 2.59. The fourth-order valence-corrected chi connectivity index (χ4v) is 4.87. The van der Waals surface area contributed by atoms with Crippen LogP contribution in [-0.2, 0) is 16.0 Å². The molecule has 31 heavy (non-hydrogen) atoms. The second-order valence-corrected chi connectivity index (χ2v) is 9.38. The summed E-state index contributed by atoms with van der Waals surface area (Å²) in [4.78, 5) is 25.7. The molecule has 164 valence electrons. The Morgan fingerprint density at radius 2 is 1.81 bits per heavy atom. The van der Waals surface area contributed by atoms with Crippen molar-refractivity contribution in [2.45, 2.75) is 46.1 Å². The van der Waals surface area contributed by atoms with Crippen molar-refractivity contribution >= 4 is 18.0 Å². The summed E-state index contributed by atoms with van der Waals surface area (Å²) in [5, 5.41) is 5.36. The second-order valence-electron chi connectivity index (χ2n) is 9.38. The Morgan fingerprint density at radius 1 is 1.16 bits per heavy atom. The molecule has 2 amide bonds. The van der Waals surface area contributed by atoms with Crippen LogP contribution in [0, 0.1) is 23.7 Å². The quantitative estimate of drug-likeness (QED) is 0.376. The van der Waals surface area contributed by atoms with E-state index in [9.17, 15) is 9.59 Å². The smallest absolute Gasteiger partial charge is 0.254 e. The normalized spacial score (nSPS) is 26.8. The molecule has 1 aromatic carbocycles. The molecule has 2 bridgehead atoms. The van der Waals surface area contributed by atoms with Crippen LogP contribution in [-0.4, -0.2) is 35.2 Å². The molecule has 4 unspecified atom stereocenters. The molecule has 1 aromatic rings. The molecule has 0 radical (unpaired) electrons. The van der Waals surface area contributed by atoms with Crippen molar-refractivity contribution < 1.29 is 19.1 Å². The summed E-state index contributed by atoms with van der Waals surface area (Å²) in [6.45, 7) is 12.2. The maximum atomic E-state index is 12.9. The minimum Gasteiger partial charge on any atom is -0.490 e. The molecule has 4 atom stereocenters. The summed E-state index contributed by atoms with van der Waals surface area (Å²) >= 11 is 0. The second kappa shape index (κ2) is 7.98. The number of benzene rings is 1. The van der Waals surface area contributed by atoms with E-state index in [0.29, 0.717) is 24.5 Å². The van der Waals surface area contributed by atoms with Gasteiger partial charge in [0.25, 0.3) is 11.8 Å². The number of ether oxygens (including phenoxy) is 2. The van der Waals surface area contributed by atoms with Crippen molar-refractivity contribution in [3.8, 4) is 11.5 Å². The van der Waals surface area contributed by atoms with Crippen LogP contribution in [0.25, 0.3) is 0 Å². The van der Waals surface area contributed by atoms with Crippen molar-refractivity contribution in [1.82, 2.24) is 5.01 Å². The fourth-order valence-electron chi connectivity index (χ4n) is 4.87. The van der Waals surface area contributed by atoms with Crippen LogP contribution in [0.3, 0.4) is 0 Å². The lowest BCUT2D eigenvalue weighted by molar-refractivity contribution is -0.140. The summed E-state index contributed by atoms with van der Waals surface area (Å²) in [6, 6.07) is 3.77. The number of nitrogens with zero attached hydrogens (tertiary/aromatic N) is 2. The molecule has 6 nitrogen and oxygen atoms in total. The summed E-state index contributed by atoms with van der Waals surface area (Å²) in [7, 11) is 0. The summed E-state index contributed by atoms with van der Waals surface area (Å²) in [6.07, 6.45) is 9.01. The van der Waals surface area contributed by atoms with E-state index in [4.69, 9.17) is 9.47 Å². The molecular formula is C25H30N2O4. The maximum Gasteiger partial charge on any atom is 0.254 e. The van der Waals surface area contributed by atoms with E-state index in [1.165, 1.54) is 0 Å². The van der Waals surface area contributed by atoms with Gasteiger partial charge in [0.15, 0.2) is 11.5 Å². The van der Waals surface area contributed by atoms with Crippen LogP contribution >= 0.6 is 0 Å². The Kier molecular flexibility index (Phi) is 5.50. The standard InChI is InChI=1S/C25H30N2O4/c1-6-8-18-11-15(12-19(30-7-2)22(18)31-25(3,4)5)14-26-27-23(28)20-16-9-10-17(13-16)21(20)24(27)29/h6,9-12,14,16-17,20-21H,1,7-8,13H2,2-5H3. The minimum atomic E-state index is -0.392. The number of fused-ring (bicyclic) bond motifs is 5. The molecule has 2 aliphatic carbocycles. The third-order valence-corrected chi connectivity index (χ3v) is 6.00. The van der Waals surface area contributed by atoms with Crippen molar-refractivity contribution in [3.63, 3.8) is 0 Å². The van der Waals surface area contributed by atoms with Gasteiger partial charge < -0.3 is 9.47 Å². The lowest BCUT2D eigenvalue weighted by atomic mass is 9.85. The average Bonchev–Trinajstić information content (AvgIpc) is 3.37. The number of imide groups is 1. The van der Waals surface area contributed by atoms with E-state index in [-0.39, 0.29) is 35.5 Å². The molecule has 0 aromatic heterocycles. The van der Waals surface area contributed by atoms with Gasteiger partial charge in [-0.1, -0.05) is 18.2 Å². The number of hydrogen-bond donors (Lipinski definition) is 0. The zero-order valence-electron chi connectivity index (χ0n) is 18.6. The molecule has 2 fully saturated rings. The van der Waals surface area contributed by atoms with Crippen LogP contribution in [0.5, 0.6) is 11.5 Å². The van der Waals surface area contributed by atoms with E-state index in [2.05, 4.69) is 23.8 Å². The Hall–Kier alpha value is -2.89. The number of hydrogen-bond acceptors (Lipinski definition) is 5. The Balaban J connectivity index is 1.64. The highest BCUT2D eigenvalue weighted by molar-refractivity contribution is 6.06. The molecule has 0 N–H and O–H groups in total. The van der Waals surface area contributed by atoms with Gasteiger partial charge in [0.1, 0.15) is 5.60 Å². The average molecular weight is 423 g/mol. The number of hydrazone groups is 1. The first-order valence-corrected chi connectivity index (χ1v) is 10.9. The SMILES string of the molecule is C=CCc1cc(C=NN2C(=O)C3C4C=CC(C4)C3C2=O)cc(OCC)c1OC(C)(C)C. The lowest BCUT2D eigenvalue weighted by Crippen LogP contribution is -2.28. The van der Waals surface area contributed by atoms with Crippen LogP contribution < -0.4 is 9.47 Å². The van der Waals surface area contributed by atoms with Crippen LogP contribution in [0.4, 0.5) is 0 Å². The van der Waals surface area contributed by atoms with E-state index in [1.54, 1.807) is 12.3 Å². The van der Waals surface area contributed by atoms with Gasteiger partial charge in [-0.25, -0.2) is 0 Å². The Labute approximate surface area is 183 Å². The largest absolute Gasteiger partial charge is 0.490 e. The first-order valence-electron chi connectivity index (χ1n) is 10.9. The third-order valence-electron chi connectivity index (χ3n) is 6.00. The molecule has 1 saturated heterocycles. The van der Waals surface area contributed by atoms with E-state index in [1.807, 2.05) is 39.8 Å². The van der Waals surface area contributed by atoms with Gasteiger partial charge in [-0.05, 0) is 70.1 Å². The highest BCUT2D eigenvalue weighted by Crippen LogP contribution is 2.52. The lowest BCUT2D eigenvalue weighted by Gasteiger charge is -2.25. The topological polar surface area (TPSA) is 68.2 Å². The van der Waals surface area contributed by atoms with Gasteiger partial charge in [0.2, 0.25) is 0 Å². The number of rotatable bonds is 7. The molecule has 4 rings (SSSR count).